The molecule has 2 aliphatic heterocycles. The van der Waals surface area contributed by atoms with E-state index in [0.717, 1.165) is 50.5 Å². The van der Waals surface area contributed by atoms with E-state index in [4.69, 9.17) is 0 Å². The molecule has 27 heavy (non-hydrogen) atoms. The first-order chi connectivity index (χ1) is 12.8. The molecule has 2 heterocycles. The number of nitrogens with one attached hydrogen (secondary N) is 2. The number of benzene rings is 1. The first kappa shape index (κ1) is 22.6. The van der Waals surface area contributed by atoms with E-state index in [-0.39, 0.29) is 24.0 Å². The van der Waals surface area contributed by atoms with Crippen molar-refractivity contribution in [3.05, 3.63) is 30.3 Å². The molecule has 1 aromatic carbocycles. The fourth-order valence-electron chi connectivity index (χ4n) is 3.67. The van der Waals surface area contributed by atoms with Gasteiger partial charge in [0, 0.05) is 63.3 Å². The second-order valence-electron chi connectivity index (χ2n) is 7.18. The van der Waals surface area contributed by atoms with Crippen LogP contribution in [-0.4, -0.2) is 74.2 Å². The highest BCUT2D eigenvalue weighted by molar-refractivity contribution is 14.0. The van der Waals surface area contributed by atoms with E-state index >= 15 is 0 Å². The molecule has 7 heteroatoms. The summed E-state index contributed by atoms with van der Waals surface area (Å²) in [6.07, 6.45) is 2.69. The molecular formula is C20H34IN5S. The third-order valence-electron chi connectivity index (χ3n) is 5.37. The van der Waals surface area contributed by atoms with Crippen molar-refractivity contribution in [2.75, 3.05) is 57.0 Å². The summed E-state index contributed by atoms with van der Waals surface area (Å²) in [5.74, 6) is 2.25. The van der Waals surface area contributed by atoms with E-state index in [0.29, 0.717) is 6.04 Å². The largest absolute Gasteiger partial charge is 0.369 e. The van der Waals surface area contributed by atoms with Gasteiger partial charge in [0.2, 0.25) is 0 Å². The molecule has 2 fully saturated rings. The maximum absolute atomic E-state index is 4.38. The second-order valence-corrected chi connectivity index (χ2v) is 8.58. The van der Waals surface area contributed by atoms with E-state index < -0.39 is 0 Å². The Kier molecular flexibility index (Phi) is 10.1. The Hall–Kier alpha value is -0.670. The summed E-state index contributed by atoms with van der Waals surface area (Å²) >= 11 is 2.08. The van der Waals surface area contributed by atoms with Crippen molar-refractivity contribution in [2.45, 2.75) is 31.1 Å². The van der Waals surface area contributed by atoms with Crippen LogP contribution in [0.15, 0.2) is 35.3 Å². The predicted molar refractivity (Wildman–Crippen MR) is 130 cm³/mol. The van der Waals surface area contributed by atoms with Gasteiger partial charge in [-0.3, -0.25) is 9.89 Å². The Morgan fingerprint density at radius 2 is 1.93 bits per heavy atom. The van der Waals surface area contributed by atoms with Gasteiger partial charge in [0.1, 0.15) is 0 Å². The van der Waals surface area contributed by atoms with Crippen molar-refractivity contribution in [2.24, 2.45) is 4.99 Å². The minimum absolute atomic E-state index is 0. The van der Waals surface area contributed by atoms with E-state index in [1.807, 2.05) is 7.05 Å². The van der Waals surface area contributed by atoms with E-state index in [9.17, 15) is 0 Å². The van der Waals surface area contributed by atoms with Crippen LogP contribution in [0.25, 0.3) is 0 Å². The van der Waals surface area contributed by atoms with Crippen LogP contribution in [0.4, 0.5) is 5.69 Å². The summed E-state index contributed by atoms with van der Waals surface area (Å²) in [6, 6.07) is 11.2. The lowest BCUT2D eigenvalue weighted by molar-refractivity contribution is 0.197. The molecule has 0 spiro atoms. The van der Waals surface area contributed by atoms with Gasteiger partial charge in [-0.05, 0) is 37.7 Å². The number of hydrogen-bond donors (Lipinski definition) is 2. The molecule has 2 atom stereocenters. The molecular weight excluding hydrogens is 469 g/mol. The number of guanidine groups is 1. The highest BCUT2D eigenvalue weighted by atomic mass is 127. The zero-order chi connectivity index (χ0) is 18.2. The van der Waals surface area contributed by atoms with Crippen molar-refractivity contribution >= 4 is 47.4 Å². The quantitative estimate of drug-likeness (QED) is 0.355. The first-order valence-electron chi connectivity index (χ1n) is 9.86. The van der Waals surface area contributed by atoms with E-state index in [2.05, 4.69) is 74.4 Å². The molecule has 0 amide bonds. The van der Waals surface area contributed by atoms with Crippen LogP contribution in [-0.2, 0) is 0 Å². The predicted octanol–water partition coefficient (Wildman–Crippen LogP) is 2.88. The highest BCUT2D eigenvalue weighted by Crippen LogP contribution is 2.25. The molecule has 0 saturated carbocycles. The number of nitrogens with zero attached hydrogens (tertiary/aromatic N) is 3. The molecule has 2 aliphatic rings. The maximum Gasteiger partial charge on any atom is 0.191 e. The number of aliphatic imine (C=N–C) groups is 1. The van der Waals surface area contributed by atoms with Crippen LogP contribution in [0.2, 0.25) is 0 Å². The summed E-state index contributed by atoms with van der Waals surface area (Å²) in [6.45, 7) is 8.69. The molecule has 152 valence electrons. The number of halogens is 1. The monoisotopic (exact) mass is 503 g/mol. The number of para-hydroxylation sites is 1. The number of hydrogen-bond acceptors (Lipinski definition) is 4. The van der Waals surface area contributed by atoms with Crippen molar-refractivity contribution in [3.8, 4) is 0 Å². The summed E-state index contributed by atoms with van der Waals surface area (Å²) < 4.78 is 0. The zero-order valence-electron chi connectivity index (χ0n) is 16.6. The second kappa shape index (κ2) is 12.0. The number of piperazine rings is 1. The molecule has 0 bridgehead atoms. The first-order valence-corrected chi connectivity index (χ1v) is 10.9. The fraction of sp³-hybridized carbons (Fsp3) is 0.650. The van der Waals surface area contributed by atoms with E-state index in [1.165, 1.54) is 24.3 Å². The summed E-state index contributed by atoms with van der Waals surface area (Å²) in [5.41, 5.74) is 1.34. The zero-order valence-corrected chi connectivity index (χ0v) is 19.7. The smallest absolute Gasteiger partial charge is 0.191 e. The van der Waals surface area contributed by atoms with Gasteiger partial charge in [0.05, 0.1) is 0 Å². The van der Waals surface area contributed by atoms with Gasteiger partial charge < -0.3 is 15.5 Å². The number of thioether (sulfide) groups is 1. The summed E-state index contributed by atoms with van der Waals surface area (Å²) in [5, 5.41) is 7.74. The molecule has 2 unspecified atom stereocenters. The van der Waals surface area contributed by atoms with Crippen molar-refractivity contribution in [1.29, 1.82) is 0 Å². The van der Waals surface area contributed by atoms with E-state index in [1.54, 1.807) is 0 Å². The molecule has 0 radical (unpaired) electrons. The van der Waals surface area contributed by atoms with Crippen molar-refractivity contribution in [3.63, 3.8) is 0 Å². The van der Waals surface area contributed by atoms with Crippen LogP contribution in [0.5, 0.6) is 0 Å². The summed E-state index contributed by atoms with van der Waals surface area (Å²) in [7, 11) is 1.86. The van der Waals surface area contributed by atoms with Crippen LogP contribution < -0.4 is 15.5 Å². The van der Waals surface area contributed by atoms with Crippen LogP contribution in [0, 0.1) is 0 Å². The van der Waals surface area contributed by atoms with Crippen molar-refractivity contribution < 1.29 is 0 Å². The molecule has 1 aromatic rings. The highest BCUT2D eigenvalue weighted by Gasteiger charge is 2.21. The van der Waals surface area contributed by atoms with Gasteiger partial charge in [-0.15, -0.1) is 24.0 Å². The fourth-order valence-corrected chi connectivity index (χ4v) is 4.87. The third-order valence-corrected chi connectivity index (χ3v) is 6.77. The Balaban J connectivity index is 0.00000261. The number of rotatable bonds is 6. The number of anilines is 1. The Morgan fingerprint density at radius 3 is 2.56 bits per heavy atom. The maximum atomic E-state index is 4.38. The van der Waals surface area contributed by atoms with Crippen LogP contribution >= 0.6 is 35.7 Å². The van der Waals surface area contributed by atoms with Crippen LogP contribution in [0.3, 0.4) is 0 Å². The molecule has 0 aliphatic carbocycles. The Labute approximate surface area is 185 Å². The van der Waals surface area contributed by atoms with Gasteiger partial charge in [0.25, 0.3) is 0 Å². The van der Waals surface area contributed by atoms with Gasteiger partial charge in [-0.2, -0.15) is 11.8 Å². The lowest BCUT2D eigenvalue weighted by Crippen LogP contribution is -2.53. The van der Waals surface area contributed by atoms with Gasteiger partial charge in [-0.25, -0.2) is 0 Å². The lowest BCUT2D eigenvalue weighted by Gasteiger charge is -2.39. The van der Waals surface area contributed by atoms with Gasteiger partial charge >= 0.3 is 0 Å². The standard InChI is InChI=1S/C20H33N5S.HI/c1-17(15-22-20(21-2)23-16-19-9-6-14-26-19)24-10-12-25(13-11-24)18-7-4-3-5-8-18;/h3-5,7-8,17,19H,6,9-16H2,1-2H3,(H2,21,22,23);1H. The minimum Gasteiger partial charge on any atom is -0.369 e. The topological polar surface area (TPSA) is 42.9 Å². The minimum atomic E-state index is 0. The van der Waals surface area contributed by atoms with Gasteiger partial charge in [-0.1, -0.05) is 18.2 Å². The molecule has 0 aromatic heterocycles. The average molecular weight is 503 g/mol. The van der Waals surface area contributed by atoms with Crippen LogP contribution in [0.1, 0.15) is 19.8 Å². The van der Waals surface area contributed by atoms with Crippen molar-refractivity contribution in [1.82, 2.24) is 15.5 Å². The SMILES string of the molecule is CN=C(NCC1CCCS1)NCC(C)N1CCN(c2ccccc2)CC1.I. The molecule has 2 saturated heterocycles. The lowest BCUT2D eigenvalue weighted by atomic mass is 10.2. The normalized spacial score (nSPS) is 22.2. The summed E-state index contributed by atoms with van der Waals surface area (Å²) in [4.78, 5) is 9.43. The van der Waals surface area contributed by atoms with Gasteiger partial charge in [0.15, 0.2) is 5.96 Å². The Morgan fingerprint density at radius 1 is 1.19 bits per heavy atom. The molecule has 3 rings (SSSR count). The Bertz CT molecular complexity index is 557. The average Bonchev–Trinajstić information content (AvgIpc) is 3.22. The molecule has 5 nitrogen and oxygen atoms in total. The third kappa shape index (κ3) is 7.02. The molecule has 2 N–H and O–H groups in total.